The van der Waals surface area contributed by atoms with Gasteiger partial charge in [-0.3, -0.25) is 19.3 Å². The van der Waals surface area contributed by atoms with Crippen molar-refractivity contribution < 1.29 is 18.7 Å². The van der Waals surface area contributed by atoms with Crippen molar-refractivity contribution >= 4 is 16.8 Å². The molecule has 4 aromatic rings. The number of rotatable bonds is 6. The van der Waals surface area contributed by atoms with Gasteiger partial charge in [0.15, 0.2) is 11.6 Å². The molecule has 0 aliphatic rings. The highest BCUT2D eigenvalue weighted by Gasteiger charge is 2.23. The van der Waals surface area contributed by atoms with Crippen LogP contribution >= 0.6 is 0 Å². The minimum atomic E-state index is -2.52. The Morgan fingerprint density at radius 1 is 1.37 bits per heavy atom. The molecule has 0 spiro atoms. The number of hydrogen-bond donors (Lipinski definition) is 3. The van der Waals surface area contributed by atoms with Crippen molar-refractivity contribution in [2.75, 3.05) is 0 Å². The summed E-state index contributed by atoms with van der Waals surface area (Å²) in [4.78, 5) is 20.3. The highest BCUT2D eigenvalue weighted by Crippen LogP contribution is 2.32. The van der Waals surface area contributed by atoms with Gasteiger partial charge in [0.1, 0.15) is 22.8 Å². The fourth-order valence-corrected chi connectivity index (χ4v) is 3.10. The number of aryl methyl sites for hydroxylation is 3. The van der Waals surface area contributed by atoms with Crippen molar-refractivity contribution in [1.29, 1.82) is 0 Å². The van der Waals surface area contributed by atoms with E-state index in [1.165, 1.54) is 10.7 Å². The second-order valence-electron chi connectivity index (χ2n) is 6.61. The number of halogens is 2. The molecule has 0 saturated heterocycles. The highest BCUT2D eigenvalue weighted by atomic mass is 19.3. The monoisotopic (exact) mass is 417 g/mol. The number of carbonyl (C=O) groups is 1. The molecule has 0 aliphatic carbocycles. The molecule has 156 valence electrons. The number of aromatic nitrogens is 8. The SMILES string of the molecule is Cc1nn(CCC(F)F)c(-c2n[nH]c(-c3nc(C(N)=O)cc4c3cnn4C)n2)c1O. The van der Waals surface area contributed by atoms with Crippen LogP contribution in [0.4, 0.5) is 8.78 Å². The Kier molecular flexibility index (Phi) is 4.64. The van der Waals surface area contributed by atoms with Gasteiger partial charge in [0.05, 0.1) is 11.7 Å². The lowest BCUT2D eigenvalue weighted by atomic mass is 10.2. The predicted octanol–water partition coefficient (Wildman–Crippen LogP) is 1.39. The van der Waals surface area contributed by atoms with Gasteiger partial charge >= 0.3 is 0 Å². The Bertz CT molecular complexity index is 1260. The molecule has 0 saturated carbocycles. The topological polar surface area (TPSA) is 153 Å². The van der Waals surface area contributed by atoms with E-state index >= 15 is 0 Å². The molecule has 0 aromatic carbocycles. The van der Waals surface area contributed by atoms with Crippen molar-refractivity contribution in [3.05, 3.63) is 23.7 Å². The van der Waals surface area contributed by atoms with E-state index < -0.39 is 18.8 Å². The van der Waals surface area contributed by atoms with Crippen molar-refractivity contribution in [3.63, 3.8) is 0 Å². The number of alkyl halides is 2. The summed E-state index contributed by atoms with van der Waals surface area (Å²) >= 11 is 0. The maximum atomic E-state index is 12.6. The molecule has 0 atom stereocenters. The number of hydrogen-bond acceptors (Lipinski definition) is 7. The molecule has 0 radical (unpaired) electrons. The standard InChI is InChI=1S/C17H17F2N9O2/c1-7-14(29)13(28(26-7)4-3-11(18)19)17-23-16(24-25-17)12-8-6-21-27(2)10(8)5-9(22-12)15(20)30/h5-6,11,29H,3-4H2,1-2H3,(H2,20,30)(H,23,24,25). The Morgan fingerprint density at radius 2 is 2.13 bits per heavy atom. The first-order chi connectivity index (χ1) is 14.3. The molecule has 0 unspecified atom stereocenters. The number of nitrogens with two attached hydrogens (primary N) is 1. The minimum absolute atomic E-state index is 0.0136. The van der Waals surface area contributed by atoms with E-state index in [1.54, 1.807) is 24.9 Å². The lowest BCUT2D eigenvalue weighted by molar-refractivity contribution is 0.0995. The smallest absolute Gasteiger partial charge is 0.267 e. The van der Waals surface area contributed by atoms with Crippen molar-refractivity contribution in [2.24, 2.45) is 12.8 Å². The number of pyridine rings is 1. The number of H-pyrrole nitrogens is 1. The molecular formula is C17H17F2N9O2. The van der Waals surface area contributed by atoms with E-state index in [1.807, 2.05) is 0 Å². The van der Waals surface area contributed by atoms with Crippen LogP contribution in [0.3, 0.4) is 0 Å². The predicted molar refractivity (Wildman–Crippen MR) is 101 cm³/mol. The fourth-order valence-electron chi connectivity index (χ4n) is 3.10. The Labute approximate surface area is 167 Å². The summed E-state index contributed by atoms with van der Waals surface area (Å²) in [5.41, 5.74) is 6.64. The van der Waals surface area contributed by atoms with Gasteiger partial charge in [0.2, 0.25) is 12.2 Å². The summed E-state index contributed by atoms with van der Waals surface area (Å²) in [6.07, 6.45) is -1.41. The molecule has 4 rings (SSSR count). The minimum Gasteiger partial charge on any atom is -0.504 e. The van der Waals surface area contributed by atoms with Gasteiger partial charge in [-0.1, -0.05) is 0 Å². The van der Waals surface area contributed by atoms with Crippen LogP contribution < -0.4 is 5.73 Å². The van der Waals surface area contributed by atoms with Crippen LogP contribution in [0.2, 0.25) is 0 Å². The first-order valence-electron chi connectivity index (χ1n) is 8.86. The zero-order valence-electron chi connectivity index (χ0n) is 16.0. The number of nitrogens with one attached hydrogen (secondary N) is 1. The third-order valence-corrected chi connectivity index (χ3v) is 4.57. The van der Waals surface area contributed by atoms with E-state index in [9.17, 15) is 18.7 Å². The molecule has 4 aromatic heterocycles. The number of amides is 1. The third-order valence-electron chi connectivity index (χ3n) is 4.57. The van der Waals surface area contributed by atoms with E-state index in [0.717, 1.165) is 0 Å². The summed E-state index contributed by atoms with van der Waals surface area (Å²) in [6, 6.07) is 1.51. The summed E-state index contributed by atoms with van der Waals surface area (Å²) < 4.78 is 28.1. The van der Waals surface area contributed by atoms with Crippen molar-refractivity contribution in [3.8, 4) is 28.8 Å². The first-order valence-corrected chi connectivity index (χ1v) is 8.86. The van der Waals surface area contributed by atoms with E-state index in [4.69, 9.17) is 5.73 Å². The lowest BCUT2D eigenvalue weighted by Gasteiger charge is -2.04. The fraction of sp³-hybridized carbons (Fsp3) is 0.294. The second kappa shape index (κ2) is 7.17. The molecule has 4 heterocycles. The molecule has 1 amide bonds. The van der Waals surface area contributed by atoms with Gasteiger partial charge in [-0.2, -0.15) is 15.3 Å². The number of aromatic hydroxyl groups is 1. The molecule has 0 fully saturated rings. The average Bonchev–Trinajstić information content (AvgIpc) is 3.38. The average molecular weight is 417 g/mol. The molecule has 11 nitrogen and oxygen atoms in total. The van der Waals surface area contributed by atoms with E-state index in [0.29, 0.717) is 10.9 Å². The summed E-state index contributed by atoms with van der Waals surface area (Å²) in [5.74, 6) is -0.705. The van der Waals surface area contributed by atoms with Crippen LogP contribution in [-0.4, -0.2) is 57.2 Å². The van der Waals surface area contributed by atoms with Crippen LogP contribution in [0.1, 0.15) is 22.6 Å². The molecule has 30 heavy (non-hydrogen) atoms. The van der Waals surface area contributed by atoms with Gasteiger partial charge in [-0.25, -0.2) is 18.7 Å². The first kappa shape index (κ1) is 19.4. The molecule has 0 bridgehead atoms. The van der Waals surface area contributed by atoms with Gasteiger partial charge in [-0.05, 0) is 13.0 Å². The van der Waals surface area contributed by atoms with Crippen molar-refractivity contribution in [2.45, 2.75) is 26.3 Å². The second-order valence-corrected chi connectivity index (χ2v) is 6.61. The molecule has 13 heteroatoms. The number of fused-ring (bicyclic) bond motifs is 1. The molecule has 4 N–H and O–H groups in total. The summed E-state index contributed by atoms with van der Waals surface area (Å²) in [7, 11) is 1.70. The van der Waals surface area contributed by atoms with E-state index in [-0.39, 0.29) is 46.7 Å². The zero-order chi connectivity index (χ0) is 21.6. The lowest BCUT2D eigenvalue weighted by Crippen LogP contribution is -2.13. The maximum absolute atomic E-state index is 12.6. The van der Waals surface area contributed by atoms with E-state index in [2.05, 4.69) is 30.4 Å². The zero-order valence-corrected chi connectivity index (χ0v) is 16.0. The summed E-state index contributed by atoms with van der Waals surface area (Å²) in [5, 5.41) is 26.0. The third kappa shape index (κ3) is 3.23. The maximum Gasteiger partial charge on any atom is 0.267 e. The highest BCUT2D eigenvalue weighted by molar-refractivity contribution is 5.98. The normalized spacial score (nSPS) is 11.6. The number of nitrogens with zero attached hydrogens (tertiary/aromatic N) is 7. The van der Waals surface area contributed by atoms with Gasteiger partial charge in [0, 0.05) is 25.4 Å². The van der Waals surface area contributed by atoms with Crippen LogP contribution in [0.5, 0.6) is 5.75 Å². The number of aromatic amines is 1. The largest absolute Gasteiger partial charge is 0.504 e. The Balaban J connectivity index is 1.82. The summed E-state index contributed by atoms with van der Waals surface area (Å²) in [6.45, 7) is 1.42. The van der Waals surface area contributed by atoms with Gasteiger partial charge < -0.3 is 10.8 Å². The van der Waals surface area contributed by atoms with Gasteiger partial charge in [-0.15, -0.1) is 0 Å². The Hall–Kier alpha value is -3.90. The number of carbonyl (C=O) groups excluding carboxylic acids is 1. The van der Waals surface area contributed by atoms with Crippen LogP contribution in [0.15, 0.2) is 12.3 Å². The molecule has 0 aliphatic heterocycles. The quantitative estimate of drug-likeness (QED) is 0.428. The van der Waals surface area contributed by atoms with Crippen LogP contribution in [-0.2, 0) is 13.6 Å². The van der Waals surface area contributed by atoms with Crippen molar-refractivity contribution in [1.82, 2.24) is 39.7 Å². The van der Waals surface area contributed by atoms with Gasteiger partial charge in [0.25, 0.3) is 5.91 Å². The Morgan fingerprint density at radius 3 is 2.83 bits per heavy atom. The number of primary amides is 1. The molecular weight excluding hydrogens is 400 g/mol. The van der Waals surface area contributed by atoms with Crippen LogP contribution in [0.25, 0.3) is 33.9 Å². The van der Waals surface area contributed by atoms with Crippen LogP contribution in [0, 0.1) is 6.92 Å².